The van der Waals surface area contributed by atoms with E-state index in [1.807, 2.05) is 6.08 Å². The van der Waals surface area contributed by atoms with E-state index in [2.05, 4.69) is 13.2 Å². The maximum Gasteiger partial charge on any atom is 0.00105 e. The predicted molar refractivity (Wildman–Crippen MR) is 32.8 cm³/mol. The molecule has 0 bridgehead atoms. The molecule has 1 nitrogen and oxygen atoms in total. The molecule has 0 saturated heterocycles. The number of allylic oxidation sites excluding steroid dienone is 2. The summed E-state index contributed by atoms with van der Waals surface area (Å²) < 4.78 is 0. The predicted octanol–water partition coefficient (Wildman–Crippen LogP) is 1.43. The van der Waals surface area contributed by atoms with Crippen molar-refractivity contribution in [2.45, 2.75) is 12.8 Å². The molecule has 0 rings (SSSR count). The van der Waals surface area contributed by atoms with Crippen LogP contribution in [0.2, 0.25) is 0 Å². The normalized spacial score (nSPS) is 8.00. The van der Waals surface area contributed by atoms with Gasteiger partial charge in [0.05, 0.1) is 0 Å². The second-order valence-corrected chi connectivity index (χ2v) is 1.49. The van der Waals surface area contributed by atoms with Crippen LogP contribution in [-0.2, 0) is 0 Å². The first-order chi connectivity index (χ1) is 3.27. The first-order valence-electron chi connectivity index (χ1n) is 2.31. The van der Waals surface area contributed by atoms with Gasteiger partial charge in [-0.15, -0.1) is 6.58 Å². The second-order valence-electron chi connectivity index (χ2n) is 1.49. The Hall–Kier alpha value is -0.720. The molecule has 0 unspecified atom stereocenters. The van der Waals surface area contributed by atoms with Gasteiger partial charge in [0.25, 0.3) is 0 Å². The van der Waals surface area contributed by atoms with Crippen molar-refractivity contribution in [3.8, 4) is 0 Å². The molecule has 0 aromatic carbocycles. The van der Waals surface area contributed by atoms with Crippen molar-refractivity contribution < 1.29 is 0 Å². The van der Waals surface area contributed by atoms with Gasteiger partial charge in [0.2, 0.25) is 0 Å². The zero-order valence-electron chi connectivity index (χ0n) is 4.48. The van der Waals surface area contributed by atoms with Crippen molar-refractivity contribution in [1.82, 2.24) is 0 Å². The van der Waals surface area contributed by atoms with Crippen LogP contribution in [0, 0.1) is 0 Å². The van der Waals surface area contributed by atoms with Crippen molar-refractivity contribution in [3.05, 3.63) is 24.9 Å². The summed E-state index contributed by atoms with van der Waals surface area (Å²) in [4.78, 5) is 0. The summed E-state index contributed by atoms with van der Waals surface area (Å²) in [6, 6.07) is 0. The Morgan fingerprint density at radius 2 is 2.29 bits per heavy atom. The summed E-state index contributed by atoms with van der Waals surface area (Å²) in [5, 5.41) is 0. The van der Waals surface area contributed by atoms with Crippen LogP contribution in [0.4, 0.5) is 0 Å². The van der Waals surface area contributed by atoms with Crippen molar-refractivity contribution in [3.63, 3.8) is 0 Å². The van der Waals surface area contributed by atoms with Crippen LogP contribution in [-0.4, -0.2) is 0 Å². The van der Waals surface area contributed by atoms with Crippen LogP contribution in [0.5, 0.6) is 0 Å². The summed E-state index contributed by atoms with van der Waals surface area (Å²) in [6.07, 6.45) is 3.64. The Morgan fingerprint density at radius 3 is 2.43 bits per heavy atom. The topological polar surface area (TPSA) is 26.0 Å². The lowest BCUT2D eigenvalue weighted by atomic mass is 10.3. The number of rotatable bonds is 3. The Morgan fingerprint density at radius 1 is 1.71 bits per heavy atom. The van der Waals surface area contributed by atoms with Gasteiger partial charge in [-0.25, -0.2) is 0 Å². The highest BCUT2D eigenvalue weighted by Gasteiger charge is 1.78. The second kappa shape index (κ2) is 3.47. The Kier molecular flexibility index (Phi) is 3.11. The molecule has 0 amide bonds. The highest BCUT2D eigenvalue weighted by Crippen LogP contribution is 1.93. The van der Waals surface area contributed by atoms with Gasteiger partial charge in [0.1, 0.15) is 0 Å². The van der Waals surface area contributed by atoms with Crippen molar-refractivity contribution in [2.75, 3.05) is 0 Å². The molecule has 0 aromatic heterocycles. The first kappa shape index (κ1) is 6.28. The van der Waals surface area contributed by atoms with Crippen LogP contribution in [0.1, 0.15) is 12.8 Å². The van der Waals surface area contributed by atoms with E-state index in [1.165, 1.54) is 0 Å². The van der Waals surface area contributed by atoms with Gasteiger partial charge in [-0.2, -0.15) is 0 Å². The van der Waals surface area contributed by atoms with Gasteiger partial charge in [-0.3, -0.25) is 0 Å². The van der Waals surface area contributed by atoms with Gasteiger partial charge in [-0.05, 0) is 12.8 Å². The summed E-state index contributed by atoms with van der Waals surface area (Å²) >= 11 is 0. The van der Waals surface area contributed by atoms with Gasteiger partial charge in [-0.1, -0.05) is 12.7 Å². The molecule has 0 aromatic rings. The van der Waals surface area contributed by atoms with Crippen LogP contribution in [0.15, 0.2) is 24.9 Å². The molecule has 0 saturated carbocycles. The molecule has 0 radical (unpaired) electrons. The fourth-order valence-electron chi connectivity index (χ4n) is 0.287. The quantitative estimate of drug-likeness (QED) is 0.529. The van der Waals surface area contributed by atoms with Crippen LogP contribution >= 0.6 is 0 Å². The average molecular weight is 97.2 g/mol. The standard InChI is InChI=1S/C6H11N/c1-3-4-5-6(2)7/h3H,1-2,4-5,7H2. The minimum atomic E-state index is 0.736. The summed E-state index contributed by atoms with van der Waals surface area (Å²) in [5.74, 6) is 0. The molecule has 0 spiro atoms. The van der Waals surface area contributed by atoms with Gasteiger partial charge < -0.3 is 5.73 Å². The zero-order valence-corrected chi connectivity index (χ0v) is 4.48. The van der Waals surface area contributed by atoms with E-state index < -0.39 is 0 Å². The fourth-order valence-corrected chi connectivity index (χ4v) is 0.287. The highest BCUT2D eigenvalue weighted by molar-refractivity contribution is 4.88. The minimum Gasteiger partial charge on any atom is -0.403 e. The molecule has 0 fully saturated rings. The van der Waals surface area contributed by atoms with Crippen molar-refractivity contribution in [1.29, 1.82) is 0 Å². The monoisotopic (exact) mass is 97.1 g/mol. The Bertz CT molecular complexity index is 74.2. The maximum atomic E-state index is 5.24. The first-order valence-corrected chi connectivity index (χ1v) is 2.31. The molecule has 1 heteroatoms. The molecule has 0 aliphatic heterocycles. The minimum absolute atomic E-state index is 0.736. The van der Waals surface area contributed by atoms with E-state index in [1.54, 1.807) is 0 Å². The molecule has 2 N–H and O–H groups in total. The lowest BCUT2D eigenvalue weighted by Gasteiger charge is -1.89. The Labute approximate surface area is 44.5 Å². The third-order valence-corrected chi connectivity index (χ3v) is 0.670. The number of hydrogen-bond donors (Lipinski definition) is 1. The van der Waals surface area contributed by atoms with Crippen LogP contribution in [0.3, 0.4) is 0 Å². The smallest absolute Gasteiger partial charge is 0.00105 e. The van der Waals surface area contributed by atoms with Gasteiger partial charge in [0, 0.05) is 5.70 Å². The lowest BCUT2D eigenvalue weighted by Crippen LogP contribution is -1.92. The van der Waals surface area contributed by atoms with Crippen LogP contribution < -0.4 is 5.73 Å². The van der Waals surface area contributed by atoms with Crippen molar-refractivity contribution >= 4 is 0 Å². The van der Waals surface area contributed by atoms with E-state index in [9.17, 15) is 0 Å². The fraction of sp³-hybridized carbons (Fsp3) is 0.333. The average Bonchev–Trinajstić information content (AvgIpc) is 1.61. The van der Waals surface area contributed by atoms with Gasteiger partial charge in [0.15, 0.2) is 0 Å². The van der Waals surface area contributed by atoms with E-state index >= 15 is 0 Å². The SMILES string of the molecule is C=CCCC(=C)N. The molecule has 0 heterocycles. The van der Waals surface area contributed by atoms with Crippen LogP contribution in [0.25, 0.3) is 0 Å². The molecule has 7 heavy (non-hydrogen) atoms. The molecule has 0 aliphatic rings. The molecular weight excluding hydrogens is 86.1 g/mol. The van der Waals surface area contributed by atoms with E-state index in [0.717, 1.165) is 18.5 Å². The molecule has 0 aliphatic carbocycles. The summed E-state index contributed by atoms with van der Waals surface area (Å²) in [7, 11) is 0. The molecular formula is C6H11N. The number of hydrogen-bond acceptors (Lipinski definition) is 1. The van der Waals surface area contributed by atoms with E-state index in [0.29, 0.717) is 0 Å². The number of nitrogens with two attached hydrogens (primary N) is 1. The third-order valence-electron chi connectivity index (χ3n) is 0.670. The van der Waals surface area contributed by atoms with Gasteiger partial charge >= 0.3 is 0 Å². The molecule has 40 valence electrons. The third kappa shape index (κ3) is 5.28. The van der Waals surface area contributed by atoms with E-state index in [-0.39, 0.29) is 0 Å². The molecule has 0 atom stereocenters. The zero-order chi connectivity index (χ0) is 5.70. The summed E-state index contributed by atoms with van der Waals surface area (Å²) in [6.45, 7) is 7.06. The largest absolute Gasteiger partial charge is 0.403 e. The van der Waals surface area contributed by atoms with E-state index in [4.69, 9.17) is 5.73 Å². The maximum absolute atomic E-state index is 5.24. The summed E-state index contributed by atoms with van der Waals surface area (Å²) in [5.41, 5.74) is 5.97. The van der Waals surface area contributed by atoms with Crippen molar-refractivity contribution in [2.24, 2.45) is 5.73 Å². The lowest BCUT2D eigenvalue weighted by molar-refractivity contribution is 0.968. The highest BCUT2D eigenvalue weighted by atomic mass is 14.5. The Balaban J connectivity index is 2.97.